The molecule has 0 aliphatic heterocycles. The average Bonchev–Trinajstić information content (AvgIpc) is 3.53. The van der Waals surface area contributed by atoms with Crippen molar-refractivity contribution in [2.45, 2.75) is 0 Å². The van der Waals surface area contributed by atoms with E-state index in [1.807, 2.05) is 24.3 Å². The van der Waals surface area contributed by atoms with Crippen LogP contribution in [0.3, 0.4) is 0 Å². The van der Waals surface area contributed by atoms with E-state index >= 15 is 0 Å². The van der Waals surface area contributed by atoms with Gasteiger partial charge in [0.1, 0.15) is 22.3 Å². The summed E-state index contributed by atoms with van der Waals surface area (Å²) in [5.74, 6) is 0. The summed E-state index contributed by atoms with van der Waals surface area (Å²) in [5, 5.41) is 6.90. The van der Waals surface area contributed by atoms with Gasteiger partial charge in [0.25, 0.3) is 0 Å². The van der Waals surface area contributed by atoms with Crippen LogP contribution < -0.4 is 0 Å². The van der Waals surface area contributed by atoms with Crippen LogP contribution in [0.2, 0.25) is 0 Å². The summed E-state index contributed by atoms with van der Waals surface area (Å²) in [7, 11) is 0. The Hall–Kier alpha value is -4.02. The summed E-state index contributed by atoms with van der Waals surface area (Å²) >= 11 is 3.73. The number of rotatable bonds is 1. The van der Waals surface area contributed by atoms with E-state index in [1.165, 1.54) is 16.3 Å². The molecule has 0 saturated carbocycles. The lowest BCUT2D eigenvalue weighted by Gasteiger charge is -2.09. The van der Waals surface area contributed by atoms with Gasteiger partial charge in [-0.3, -0.25) is 0 Å². The summed E-state index contributed by atoms with van der Waals surface area (Å²) in [4.78, 5) is 0. The van der Waals surface area contributed by atoms with Crippen LogP contribution in [0.15, 0.2) is 110 Å². The fourth-order valence-corrected chi connectivity index (χ4v) is 6.01. The van der Waals surface area contributed by atoms with Gasteiger partial charge in [-0.2, -0.15) is 0 Å². The van der Waals surface area contributed by atoms with E-state index in [9.17, 15) is 0 Å². The first-order chi connectivity index (χ1) is 16.8. The standard InChI is InChI=1S/C30H16BrNO2/c31-22-8-5-11-26-28(22)21-16-17(12-14-25(21)34-26)32-23-9-3-1-6-18(23)19-13-15-27-29(30(19)32)20-7-2-4-10-24(20)33-27/h1-16H. The number of halogens is 1. The number of furan rings is 2. The van der Waals surface area contributed by atoms with Crippen LogP contribution in [0.25, 0.3) is 71.4 Å². The maximum atomic E-state index is 6.24. The Morgan fingerprint density at radius 2 is 1.24 bits per heavy atom. The minimum absolute atomic E-state index is 0.880. The van der Waals surface area contributed by atoms with Gasteiger partial charge in [-0.25, -0.2) is 0 Å². The van der Waals surface area contributed by atoms with Crippen LogP contribution in [-0.2, 0) is 0 Å². The van der Waals surface area contributed by atoms with Crippen molar-refractivity contribution in [2.75, 3.05) is 0 Å². The summed E-state index contributed by atoms with van der Waals surface area (Å²) in [6.45, 7) is 0. The van der Waals surface area contributed by atoms with Gasteiger partial charge < -0.3 is 13.4 Å². The largest absolute Gasteiger partial charge is 0.456 e. The molecule has 0 N–H and O–H groups in total. The second kappa shape index (κ2) is 6.52. The van der Waals surface area contributed by atoms with Crippen LogP contribution in [0, 0.1) is 0 Å². The van der Waals surface area contributed by atoms with Gasteiger partial charge in [0, 0.05) is 37.1 Å². The molecule has 4 heteroatoms. The lowest BCUT2D eigenvalue weighted by molar-refractivity contribution is 0.668. The molecule has 0 radical (unpaired) electrons. The number of hydrogen-bond acceptors (Lipinski definition) is 2. The maximum absolute atomic E-state index is 6.24. The van der Waals surface area contributed by atoms with Crippen molar-refractivity contribution < 1.29 is 8.83 Å². The minimum Gasteiger partial charge on any atom is -0.456 e. The van der Waals surface area contributed by atoms with Gasteiger partial charge in [0.05, 0.1) is 16.4 Å². The van der Waals surface area contributed by atoms with Crippen molar-refractivity contribution in [3.8, 4) is 5.69 Å². The van der Waals surface area contributed by atoms with Gasteiger partial charge >= 0.3 is 0 Å². The Bertz CT molecular complexity index is 2090. The lowest BCUT2D eigenvalue weighted by Crippen LogP contribution is -1.94. The second-order valence-electron chi connectivity index (χ2n) is 8.68. The van der Waals surface area contributed by atoms with Crippen LogP contribution in [0.5, 0.6) is 0 Å². The Morgan fingerprint density at radius 1 is 0.529 bits per heavy atom. The number of hydrogen-bond donors (Lipinski definition) is 0. The number of fused-ring (bicyclic) bond motifs is 10. The van der Waals surface area contributed by atoms with Crippen molar-refractivity contribution >= 4 is 81.6 Å². The molecule has 0 bridgehead atoms. The number of para-hydroxylation sites is 2. The van der Waals surface area contributed by atoms with Gasteiger partial charge in [-0.05, 0) is 54.6 Å². The topological polar surface area (TPSA) is 31.2 Å². The smallest absolute Gasteiger partial charge is 0.137 e. The Labute approximate surface area is 201 Å². The van der Waals surface area contributed by atoms with E-state index in [-0.39, 0.29) is 0 Å². The highest BCUT2D eigenvalue weighted by atomic mass is 79.9. The number of nitrogens with zero attached hydrogens (tertiary/aromatic N) is 1. The molecule has 0 aliphatic rings. The first kappa shape index (κ1) is 18.4. The van der Waals surface area contributed by atoms with Crippen molar-refractivity contribution in [2.24, 2.45) is 0 Å². The Kier molecular flexibility index (Phi) is 3.53. The van der Waals surface area contributed by atoms with Crippen LogP contribution >= 0.6 is 15.9 Å². The van der Waals surface area contributed by atoms with E-state index in [0.717, 1.165) is 59.6 Å². The predicted molar refractivity (Wildman–Crippen MR) is 143 cm³/mol. The summed E-state index contributed by atoms with van der Waals surface area (Å²) in [6.07, 6.45) is 0. The fourth-order valence-electron chi connectivity index (χ4n) is 5.44. The molecule has 3 aromatic heterocycles. The Balaban J connectivity index is 1.59. The molecule has 8 rings (SSSR count). The zero-order valence-electron chi connectivity index (χ0n) is 17.9. The molecule has 5 aromatic carbocycles. The summed E-state index contributed by atoms with van der Waals surface area (Å²) in [6, 6.07) is 33.7. The zero-order chi connectivity index (χ0) is 22.4. The summed E-state index contributed by atoms with van der Waals surface area (Å²) in [5.41, 5.74) is 6.99. The predicted octanol–water partition coefficient (Wildman–Crippen LogP) is 9.34. The van der Waals surface area contributed by atoms with E-state index in [1.54, 1.807) is 0 Å². The summed E-state index contributed by atoms with van der Waals surface area (Å²) < 4.78 is 15.8. The first-order valence-electron chi connectivity index (χ1n) is 11.2. The van der Waals surface area contributed by atoms with Crippen molar-refractivity contribution in [1.82, 2.24) is 4.57 Å². The average molecular weight is 502 g/mol. The van der Waals surface area contributed by atoms with Crippen LogP contribution in [-0.4, -0.2) is 4.57 Å². The third-order valence-corrected chi connectivity index (χ3v) is 7.52. The fraction of sp³-hybridized carbons (Fsp3) is 0. The number of aromatic nitrogens is 1. The first-order valence-corrected chi connectivity index (χ1v) is 12.0. The third kappa shape index (κ3) is 2.31. The maximum Gasteiger partial charge on any atom is 0.137 e. The quantitative estimate of drug-likeness (QED) is 0.224. The molecule has 160 valence electrons. The highest BCUT2D eigenvalue weighted by Crippen LogP contribution is 2.42. The van der Waals surface area contributed by atoms with Crippen molar-refractivity contribution in [3.05, 3.63) is 102 Å². The molecular formula is C30H16BrNO2. The van der Waals surface area contributed by atoms with E-state index < -0.39 is 0 Å². The van der Waals surface area contributed by atoms with Crippen molar-refractivity contribution in [3.63, 3.8) is 0 Å². The Morgan fingerprint density at radius 3 is 2.15 bits per heavy atom. The lowest BCUT2D eigenvalue weighted by atomic mass is 10.1. The van der Waals surface area contributed by atoms with Gasteiger partial charge in [-0.1, -0.05) is 58.4 Å². The van der Waals surface area contributed by atoms with E-state index in [4.69, 9.17) is 8.83 Å². The molecule has 3 nitrogen and oxygen atoms in total. The molecule has 0 spiro atoms. The highest BCUT2D eigenvalue weighted by Gasteiger charge is 2.19. The molecule has 0 fully saturated rings. The monoisotopic (exact) mass is 501 g/mol. The van der Waals surface area contributed by atoms with E-state index in [2.05, 4.69) is 93.3 Å². The molecule has 0 aliphatic carbocycles. The molecule has 8 aromatic rings. The normalized spacial score (nSPS) is 12.3. The van der Waals surface area contributed by atoms with Crippen LogP contribution in [0.4, 0.5) is 0 Å². The zero-order valence-corrected chi connectivity index (χ0v) is 19.5. The molecule has 0 amide bonds. The molecule has 34 heavy (non-hydrogen) atoms. The van der Waals surface area contributed by atoms with Gasteiger partial charge in [0.2, 0.25) is 0 Å². The second-order valence-corrected chi connectivity index (χ2v) is 9.54. The van der Waals surface area contributed by atoms with Gasteiger partial charge in [0.15, 0.2) is 0 Å². The molecular weight excluding hydrogens is 486 g/mol. The molecule has 0 atom stereocenters. The van der Waals surface area contributed by atoms with Gasteiger partial charge in [-0.15, -0.1) is 0 Å². The molecule has 3 heterocycles. The van der Waals surface area contributed by atoms with Crippen molar-refractivity contribution in [1.29, 1.82) is 0 Å². The SMILES string of the molecule is Brc1cccc2oc3ccc(-n4c5ccccc5c5ccc6oc7ccccc7c6c54)cc3c12. The molecule has 0 saturated heterocycles. The number of benzene rings is 5. The third-order valence-electron chi connectivity index (χ3n) is 6.86. The highest BCUT2D eigenvalue weighted by molar-refractivity contribution is 9.10. The van der Waals surface area contributed by atoms with Crippen LogP contribution in [0.1, 0.15) is 0 Å². The van der Waals surface area contributed by atoms with E-state index in [0.29, 0.717) is 0 Å². The molecule has 0 unspecified atom stereocenters. The minimum atomic E-state index is 0.880.